The number of hydrogen-bond acceptors (Lipinski definition) is 4. The summed E-state index contributed by atoms with van der Waals surface area (Å²) in [6, 6.07) is 3.68. The number of ether oxygens (including phenoxy) is 2. The van der Waals surface area contributed by atoms with E-state index in [0.717, 1.165) is 20.3 Å². The molecule has 1 aromatic rings. The standard InChI is InChI=1S/C12H14Br2N2O3/c1-3-18-11-9(13)5-8(6-10(11)14)7-15-16-12(17)19-4-2/h5-7H,3-4H2,1-2H3,(H,16,17)/b15-7-. The van der Waals surface area contributed by atoms with Gasteiger partial charge in [-0.15, -0.1) is 0 Å². The van der Waals surface area contributed by atoms with Crippen molar-refractivity contribution in [2.24, 2.45) is 5.10 Å². The molecule has 0 fully saturated rings. The van der Waals surface area contributed by atoms with Gasteiger partial charge in [0.15, 0.2) is 0 Å². The van der Waals surface area contributed by atoms with Gasteiger partial charge in [-0.1, -0.05) is 0 Å². The maximum Gasteiger partial charge on any atom is 0.427 e. The number of nitrogens with zero attached hydrogens (tertiary/aromatic N) is 1. The SMILES string of the molecule is CCOC(=O)N/N=C\c1cc(Br)c(OCC)c(Br)c1. The molecule has 104 valence electrons. The second kappa shape index (κ2) is 8.16. The average Bonchev–Trinajstić information content (AvgIpc) is 2.34. The minimum atomic E-state index is -0.581. The van der Waals surface area contributed by atoms with E-state index in [1.807, 2.05) is 19.1 Å². The van der Waals surface area contributed by atoms with Crippen LogP contribution < -0.4 is 10.2 Å². The summed E-state index contributed by atoms with van der Waals surface area (Å²) in [6.07, 6.45) is 0.935. The third-order valence-electron chi connectivity index (χ3n) is 1.95. The van der Waals surface area contributed by atoms with Gasteiger partial charge >= 0.3 is 6.09 Å². The van der Waals surface area contributed by atoms with Crippen molar-refractivity contribution in [3.8, 4) is 5.75 Å². The second-order valence-corrected chi connectivity index (χ2v) is 5.05. The van der Waals surface area contributed by atoms with Crippen LogP contribution in [-0.4, -0.2) is 25.5 Å². The highest BCUT2D eigenvalue weighted by Crippen LogP contribution is 2.34. The molecule has 0 aliphatic rings. The van der Waals surface area contributed by atoms with E-state index in [-0.39, 0.29) is 0 Å². The molecule has 7 heteroatoms. The number of amides is 1. The minimum absolute atomic E-state index is 0.307. The zero-order chi connectivity index (χ0) is 14.3. The Bertz CT molecular complexity index is 455. The molecule has 0 saturated carbocycles. The maximum absolute atomic E-state index is 11.0. The monoisotopic (exact) mass is 392 g/mol. The summed E-state index contributed by atoms with van der Waals surface area (Å²) in [5.41, 5.74) is 3.06. The lowest BCUT2D eigenvalue weighted by atomic mass is 10.2. The van der Waals surface area contributed by atoms with E-state index in [9.17, 15) is 4.79 Å². The fraction of sp³-hybridized carbons (Fsp3) is 0.333. The van der Waals surface area contributed by atoms with Crippen LogP contribution in [0.3, 0.4) is 0 Å². The molecule has 5 nitrogen and oxygen atoms in total. The Morgan fingerprint density at radius 3 is 2.47 bits per heavy atom. The third-order valence-corrected chi connectivity index (χ3v) is 3.13. The van der Waals surface area contributed by atoms with Gasteiger partial charge in [-0.2, -0.15) is 5.10 Å². The molecule has 0 radical (unpaired) electrons. The van der Waals surface area contributed by atoms with Crippen molar-refractivity contribution in [1.29, 1.82) is 0 Å². The summed E-state index contributed by atoms with van der Waals surface area (Å²) in [5, 5.41) is 3.79. The van der Waals surface area contributed by atoms with Crippen molar-refractivity contribution < 1.29 is 14.3 Å². The minimum Gasteiger partial charge on any atom is -0.492 e. The van der Waals surface area contributed by atoms with Crippen LogP contribution in [0.4, 0.5) is 4.79 Å². The van der Waals surface area contributed by atoms with Crippen LogP contribution >= 0.6 is 31.9 Å². The van der Waals surface area contributed by atoms with Gasteiger partial charge in [0.1, 0.15) is 5.75 Å². The molecular weight excluding hydrogens is 380 g/mol. The molecule has 0 unspecified atom stereocenters. The summed E-state index contributed by atoms with van der Waals surface area (Å²) < 4.78 is 11.8. The maximum atomic E-state index is 11.0. The lowest BCUT2D eigenvalue weighted by Crippen LogP contribution is -2.18. The van der Waals surface area contributed by atoms with E-state index in [1.54, 1.807) is 6.92 Å². The number of carbonyl (C=O) groups is 1. The van der Waals surface area contributed by atoms with E-state index in [4.69, 9.17) is 4.74 Å². The van der Waals surface area contributed by atoms with E-state index in [2.05, 4.69) is 47.1 Å². The smallest absolute Gasteiger partial charge is 0.427 e. The first-order chi connectivity index (χ1) is 9.08. The van der Waals surface area contributed by atoms with Crippen molar-refractivity contribution in [2.75, 3.05) is 13.2 Å². The van der Waals surface area contributed by atoms with Gasteiger partial charge in [0.25, 0.3) is 0 Å². The molecule has 0 saturated heterocycles. The number of nitrogens with one attached hydrogen (secondary N) is 1. The van der Waals surface area contributed by atoms with Crippen molar-refractivity contribution in [2.45, 2.75) is 13.8 Å². The summed E-state index contributed by atoms with van der Waals surface area (Å²) in [6.45, 7) is 4.53. The van der Waals surface area contributed by atoms with Crippen molar-refractivity contribution in [3.05, 3.63) is 26.6 Å². The summed E-state index contributed by atoms with van der Waals surface area (Å²) in [7, 11) is 0. The molecule has 0 heterocycles. The summed E-state index contributed by atoms with van der Waals surface area (Å²) in [4.78, 5) is 11.0. The largest absolute Gasteiger partial charge is 0.492 e. The molecule has 0 aliphatic heterocycles. The number of hydrogen-bond donors (Lipinski definition) is 1. The Labute approximate surface area is 128 Å². The average molecular weight is 394 g/mol. The first-order valence-electron chi connectivity index (χ1n) is 5.66. The van der Waals surface area contributed by atoms with Crippen molar-refractivity contribution >= 4 is 44.2 Å². The van der Waals surface area contributed by atoms with E-state index in [1.165, 1.54) is 6.21 Å². The normalized spacial score (nSPS) is 10.5. The molecule has 0 spiro atoms. The molecule has 1 N–H and O–H groups in total. The Kier molecular flexibility index (Phi) is 6.86. The Hall–Kier alpha value is -1.08. The highest BCUT2D eigenvalue weighted by molar-refractivity contribution is 9.11. The van der Waals surface area contributed by atoms with Crippen LogP contribution in [0.5, 0.6) is 5.75 Å². The highest BCUT2D eigenvalue weighted by Gasteiger charge is 2.07. The van der Waals surface area contributed by atoms with Gasteiger partial charge in [-0.3, -0.25) is 0 Å². The van der Waals surface area contributed by atoms with Gasteiger partial charge < -0.3 is 9.47 Å². The fourth-order valence-electron chi connectivity index (χ4n) is 1.26. The van der Waals surface area contributed by atoms with Gasteiger partial charge in [0, 0.05) is 0 Å². The number of rotatable bonds is 5. The summed E-state index contributed by atoms with van der Waals surface area (Å²) >= 11 is 6.83. The molecular formula is C12H14Br2N2O3. The van der Waals surface area contributed by atoms with Crippen molar-refractivity contribution in [1.82, 2.24) is 5.43 Å². The quantitative estimate of drug-likeness (QED) is 0.613. The predicted octanol–water partition coefficient (Wildman–Crippen LogP) is 3.69. The van der Waals surface area contributed by atoms with Crippen LogP contribution in [0.15, 0.2) is 26.2 Å². The number of hydrazone groups is 1. The lowest BCUT2D eigenvalue weighted by Gasteiger charge is -2.09. The van der Waals surface area contributed by atoms with Gasteiger partial charge in [-0.05, 0) is 63.4 Å². The number of halogens is 2. The van der Waals surface area contributed by atoms with Gasteiger partial charge in [0.2, 0.25) is 0 Å². The first-order valence-corrected chi connectivity index (χ1v) is 7.24. The summed E-state index contributed by atoms with van der Waals surface area (Å²) in [5.74, 6) is 0.734. The van der Waals surface area contributed by atoms with Crippen LogP contribution in [0.25, 0.3) is 0 Å². The van der Waals surface area contributed by atoms with Crippen LogP contribution in [-0.2, 0) is 4.74 Å². The van der Waals surface area contributed by atoms with E-state index < -0.39 is 6.09 Å². The van der Waals surface area contributed by atoms with Crippen LogP contribution in [0.2, 0.25) is 0 Å². The zero-order valence-electron chi connectivity index (χ0n) is 10.6. The van der Waals surface area contributed by atoms with Gasteiger partial charge in [0.05, 0.1) is 28.4 Å². The fourth-order valence-corrected chi connectivity index (χ4v) is 2.71. The highest BCUT2D eigenvalue weighted by atomic mass is 79.9. The number of carbonyl (C=O) groups excluding carboxylic acids is 1. The molecule has 19 heavy (non-hydrogen) atoms. The lowest BCUT2D eigenvalue weighted by molar-refractivity contribution is 0.152. The van der Waals surface area contributed by atoms with E-state index in [0.29, 0.717) is 13.2 Å². The van der Waals surface area contributed by atoms with E-state index >= 15 is 0 Å². The second-order valence-electron chi connectivity index (χ2n) is 3.34. The van der Waals surface area contributed by atoms with Crippen LogP contribution in [0, 0.1) is 0 Å². The molecule has 0 bridgehead atoms. The molecule has 1 amide bonds. The molecule has 0 aliphatic carbocycles. The topological polar surface area (TPSA) is 59.9 Å². The molecule has 0 aromatic heterocycles. The van der Waals surface area contributed by atoms with Gasteiger partial charge in [-0.25, -0.2) is 10.2 Å². The van der Waals surface area contributed by atoms with Crippen molar-refractivity contribution in [3.63, 3.8) is 0 Å². The Morgan fingerprint density at radius 2 is 1.95 bits per heavy atom. The predicted molar refractivity (Wildman–Crippen MR) is 80.8 cm³/mol. The Morgan fingerprint density at radius 1 is 1.32 bits per heavy atom. The number of benzene rings is 1. The molecule has 1 rings (SSSR count). The third kappa shape index (κ3) is 5.20. The Balaban J connectivity index is 2.75. The molecule has 1 aromatic carbocycles. The zero-order valence-corrected chi connectivity index (χ0v) is 13.7. The molecule has 0 atom stereocenters. The first kappa shape index (κ1) is 16.0. The van der Waals surface area contributed by atoms with Crippen LogP contribution in [0.1, 0.15) is 19.4 Å².